The summed E-state index contributed by atoms with van der Waals surface area (Å²) < 4.78 is 25.4. The van der Waals surface area contributed by atoms with Crippen molar-refractivity contribution < 1.29 is 13.2 Å². The van der Waals surface area contributed by atoms with E-state index >= 15 is 0 Å². The molecule has 1 aromatic carbocycles. The molecule has 126 valence electrons. The van der Waals surface area contributed by atoms with Gasteiger partial charge in [0.1, 0.15) is 5.03 Å². The topological polar surface area (TPSA) is 79.4 Å². The van der Waals surface area contributed by atoms with E-state index in [0.29, 0.717) is 34.9 Å². The molecule has 0 atom stereocenters. The van der Waals surface area contributed by atoms with Gasteiger partial charge < -0.3 is 5.32 Å². The third-order valence-corrected chi connectivity index (χ3v) is 6.28. The van der Waals surface area contributed by atoms with Crippen LogP contribution in [-0.4, -0.2) is 37.9 Å². The van der Waals surface area contributed by atoms with Crippen molar-refractivity contribution in [2.45, 2.75) is 11.4 Å². The summed E-state index contributed by atoms with van der Waals surface area (Å²) in [5.74, 6) is -0.107. The maximum atomic E-state index is 12.5. The lowest BCUT2D eigenvalue weighted by Gasteiger charge is -2.18. The van der Waals surface area contributed by atoms with Crippen molar-refractivity contribution in [3.05, 3.63) is 48.2 Å². The molecule has 0 spiro atoms. The van der Waals surface area contributed by atoms with E-state index in [2.05, 4.69) is 10.3 Å². The molecule has 2 heterocycles. The van der Waals surface area contributed by atoms with Crippen LogP contribution in [0.4, 0.5) is 11.4 Å². The van der Waals surface area contributed by atoms with Crippen LogP contribution in [0.2, 0.25) is 0 Å². The molecule has 2 aromatic rings. The molecule has 1 aromatic heterocycles. The number of thioether (sulfide) groups is 1. The third-order valence-electron chi connectivity index (χ3n) is 3.70. The van der Waals surface area contributed by atoms with Gasteiger partial charge in [-0.05, 0) is 43.0 Å². The van der Waals surface area contributed by atoms with E-state index in [4.69, 9.17) is 0 Å². The molecule has 3 rings (SSSR count). The van der Waals surface area contributed by atoms with Crippen LogP contribution in [0.25, 0.3) is 0 Å². The van der Waals surface area contributed by atoms with Crippen molar-refractivity contribution >= 4 is 39.1 Å². The monoisotopic (exact) mass is 363 g/mol. The maximum absolute atomic E-state index is 12.5. The predicted molar refractivity (Wildman–Crippen MR) is 96.2 cm³/mol. The van der Waals surface area contributed by atoms with Crippen molar-refractivity contribution in [1.29, 1.82) is 0 Å². The Morgan fingerprint density at radius 1 is 1.29 bits per heavy atom. The summed E-state index contributed by atoms with van der Waals surface area (Å²) in [7, 11) is -3.24. The van der Waals surface area contributed by atoms with Crippen LogP contribution in [0.15, 0.2) is 47.6 Å². The molecule has 6 nitrogen and oxygen atoms in total. The van der Waals surface area contributed by atoms with Crippen molar-refractivity contribution in [3.63, 3.8) is 0 Å². The molecular weight excluding hydrogens is 346 g/mol. The third kappa shape index (κ3) is 3.39. The molecule has 1 aliphatic heterocycles. The fourth-order valence-corrected chi connectivity index (χ4v) is 4.70. The minimum Gasteiger partial charge on any atom is -0.322 e. The Labute approximate surface area is 145 Å². The summed E-state index contributed by atoms with van der Waals surface area (Å²) in [5, 5.41) is 3.46. The average molecular weight is 363 g/mol. The first-order valence-corrected chi connectivity index (χ1v) is 10.3. The zero-order valence-corrected chi connectivity index (χ0v) is 14.7. The normalized spacial score (nSPS) is 16.1. The Bertz CT molecular complexity index is 868. The largest absolute Gasteiger partial charge is 0.322 e. The molecule has 24 heavy (non-hydrogen) atoms. The van der Waals surface area contributed by atoms with Gasteiger partial charge in [0.2, 0.25) is 10.0 Å². The van der Waals surface area contributed by atoms with Crippen LogP contribution in [0, 0.1) is 0 Å². The summed E-state index contributed by atoms with van der Waals surface area (Å²) in [6, 6.07) is 10.3. The Morgan fingerprint density at radius 3 is 2.83 bits per heavy atom. The van der Waals surface area contributed by atoms with Crippen LogP contribution in [0.5, 0.6) is 0 Å². The molecule has 0 unspecified atom stereocenters. The zero-order valence-electron chi connectivity index (χ0n) is 13.1. The summed E-state index contributed by atoms with van der Waals surface area (Å²) in [4.78, 5) is 16.6. The van der Waals surface area contributed by atoms with E-state index in [1.165, 1.54) is 16.1 Å². The van der Waals surface area contributed by atoms with Gasteiger partial charge in [-0.25, -0.2) is 13.4 Å². The molecule has 1 saturated heterocycles. The number of anilines is 2. The molecule has 8 heteroatoms. The van der Waals surface area contributed by atoms with Gasteiger partial charge >= 0.3 is 0 Å². The van der Waals surface area contributed by atoms with E-state index in [-0.39, 0.29) is 11.7 Å². The predicted octanol–water partition coefficient (Wildman–Crippen LogP) is 2.60. The molecule has 0 bridgehead atoms. The first kappa shape index (κ1) is 16.8. The number of rotatable bonds is 4. The smallest absolute Gasteiger partial charge is 0.258 e. The first-order valence-electron chi connectivity index (χ1n) is 7.42. The van der Waals surface area contributed by atoms with Crippen LogP contribution >= 0.6 is 11.8 Å². The highest BCUT2D eigenvalue weighted by Crippen LogP contribution is 2.27. The van der Waals surface area contributed by atoms with E-state index in [1.54, 1.807) is 42.6 Å². The Balaban J connectivity index is 1.84. The lowest BCUT2D eigenvalue weighted by molar-refractivity contribution is 0.102. The van der Waals surface area contributed by atoms with Crippen molar-refractivity contribution in [1.82, 2.24) is 4.98 Å². The second-order valence-corrected chi connectivity index (χ2v) is 8.11. The van der Waals surface area contributed by atoms with Gasteiger partial charge in [0.25, 0.3) is 5.91 Å². The minimum absolute atomic E-state index is 0.163. The average Bonchev–Trinajstić information content (AvgIpc) is 2.94. The number of aromatic nitrogens is 1. The van der Waals surface area contributed by atoms with E-state index in [9.17, 15) is 13.2 Å². The highest BCUT2D eigenvalue weighted by molar-refractivity contribution is 7.98. The van der Waals surface area contributed by atoms with Gasteiger partial charge in [0, 0.05) is 18.4 Å². The molecule has 1 amide bonds. The fourth-order valence-electron chi connectivity index (χ4n) is 2.59. The van der Waals surface area contributed by atoms with Crippen LogP contribution in [0.3, 0.4) is 0 Å². The SMILES string of the molecule is CSc1ncccc1C(=O)Nc1cccc(N2CCCS2(=O)=O)c1. The second-order valence-electron chi connectivity index (χ2n) is 5.31. The van der Waals surface area contributed by atoms with Crippen LogP contribution in [-0.2, 0) is 10.0 Å². The lowest BCUT2D eigenvalue weighted by atomic mass is 10.2. The number of benzene rings is 1. The summed E-state index contributed by atoms with van der Waals surface area (Å²) in [6.45, 7) is 0.471. The number of carbonyl (C=O) groups is 1. The number of nitrogens with one attached hydrogen (secondary N) is 1. The van der Waals surface area contributed by atoms with Gasteiger partial charge in [-0.3, -0.25) is 9.10 Å². The van der Waals surface area contributed by atoms with Gasteiger partial charge in [0.05, 0.1) is 17.0 Å². The molecule has 1 fully saturated rings. The van der Waals surface area contributed by atoms with Crippen molar-refractivity contribution in [2.24, 2.45) is 0 Å². The van der Waals surface area contributed by atoms with Gasteiger partial charge in [-0.15, -0.1) is 11.8 Å². The summed E-state index contributed by atoms with van der Waals surface area (Å²) in [6.07, 6.45) is 4.12. The number of pyridine rings is 1. The first-order chi connectivity index (χ1) is 11.5. The summed E-state index contributed by atoms with van der Waals surface area (Å²) >= 11 is 1.40. The quantitative estimate of drug-likeness (QED) is 0.845. The van der Waals surface area contributed by atoms with Gasteiger partial charge in [0.15, 0.2) is 0 Å². The fraction of sp³-hybridized carbons (Fsp3) is 0.250. The highest BCUT2D eigenvalue weighted by atomic mass is 32.2. The minimum atomic E-state index is -3.24. The number of sulfonamides is 1. The molecular formula is C16H17N3O3S2. The molecule has 0 radical (unpaired) electrons. The van der Waals surface area contributed by atoms with Gasteiger partial charge in [-0.2, -0.15) is 0 Å². The lowest BCUT2D eigenvalue weighted by Crippen LogP contribution is -2.25. The standard InChI is InChI=1S/C16H17N3O3S2/c1-23-16-14(7-3-8-17-16)15(20)18-12-5-2-6-13(11-12)19-9-4-10-24(19,21)22/h2-3,5-8,11H,4,9-10H2,1H3,(H,18,20). The summed E-state index contributed by atoms with van der Waals surface area (Å²) in [5.41, 5.74) is 1.61. The van der Waals surface area contributed by atoms with Crippen molar-refractivity contribution in [2.75, 3.05) is 28.2 Å². The van der Waals surface area contributed by atoms with Crippen LogP contribution in [0.1, 0.15) is 16.8 Å². The molecule has 0 saturated carbocycles. The van der Waals surface area contributed by atoms with E-state index < -0.39 is 10.0 Å². The van der Waals surface area contributed by atoms with Gasteiger partial charge in [-0.1, -0.05) is 6.07 Å². The van der Waals surface area contributed by atoms with E-state index in [1.807, 2.05) is 6.26 Å². The van der Waals surface area contributed by atoms with Crippen molar-refractivity contribution in [3.8, 4) is 0 Å². The maximum Gasteiger partial charge on any atom is 0.258 e. The Hall–Kier alpha value is -2.06. The molecule has 1 aliphatic rings. The Morgan fingerprint density at radius 2 is 2.12 bits per heavy atom. The second kappa shape index (κ2) is 6.82. The van der Waals surface area contributed by atoms with E-state index in [0.717, 1.165) is 0 Å². The number of hydrogen-bond donors (Lipinski definition) is 1. The Kier molecular flexibility index (Phi) is 4.77. The molecule has 1 N–H and O–H groups in total. The zero-order chi connectivity index (χ0) is 17.2. The number of hydrogen-bond acceptors (Lipinski definition) is 5. The van der Waals surface area contributed by atoms with Crippen LogP contribution < -0.4 is 9.62 Å². The number of amides is 1. The highest BCUT2D eigenvalue weighted by Gasteiger charge is 2.28. The number of carbonyl (C=O) groups excluding carboxylic acids is 1. The molecule has 0 aliphatic carbocycles. The number of nitrogens with zero attached hydrogens (tertiary/aromatic N) is 2.